The zero-order valence-corrected chi connectivity index (χ0v) is 24.8. The lowest BCUT2D eigenvalue weighted by Gasteiger charge is -2.52. The summed E-state index contributed by atoms with van der Waals surface area (Å²) in [6.45, 7) is 8.00. The molecule has 0 rings (SSSR count). The predicted molar refractivity (Wildman–Crippen MR) is 152 cm³/mol. The van der Waals surface area contributed by atoms with Gasteiger partial charge in [0.1, 0.15) is 6.04 Å². The molecule has 0 radical (unpaired) electrons. The number of hydrogen-bond donors (Lipinski definition) is 2. The number of aliphatic carboxylic acids is 3. The van der Waals surface area contributed by atoms with Gasteiger partial charge >= 0.3 is 11.9 Å². The second-order valence-electron chi connectivity index (χ2n) is 10.9. The van der Waals surface area contributed by atoms with Gasteiger partial charge in [-0.1, -0.05) is 84.8 Å². The topological polar surface area (TPSA) is 115 Å². The predicted octanol–water partition coefficient (Wildman–Crippen LogP) is 6.49. The number of rotatable bonds is 26. The van der Waals surface area contributed by atoms with Gasteiger partial charge in [0.2, 0.25) is 0 Å². The smallest absolute Gasteiger partial charge is 0.362 e. The summed E-state index contributed by atoms with van der Waals surface area (Å²) in [7, 11) is 0. The minimum absolute atomic E-state index is 0.199. The third-order valence-corrected chi connectivity index (χ3v) is 7.83. The fourth-order valence-electron chi connectivity index (χ4n) is 5.91. The number of hydrogen-bond acceptors (Lipinski definition) is 4. The van der Waals surface area contributed by atoms with Crippen molar-refractivity contribution in [3.05, 3.63) is 12.2 Å². The first kappa shape index (κ1) is 36.1. The van der Waals surface area contributed by atoms with Crippen molar-refractivity contribution < 1.29 is 34.2 Å². The molecule has 0 spiro atoms. The number of nitrogens with zero attached hydrogens (tertiary/aromatic N) is 1. The standard InChI is InChI=1S/C31H57NO6/c1-5-9-10-11-12-13-14-15-16-17-18-19-20-21-25-32(26(22-6-2)29(33)34,27(23-7-3)30(35)36)28(24-8-4)31(37)38/h16-17,26-28H,5-15,18-25H2,1-4H3,(H2-,33,34,35,36,37,38)/b17-16+. The Hall–Kier alpha value is -1.89. The van der Waals surface area contributed by atoms with E-state index in [1.54, 1.807) is 0 Å². The van der Waals surface area contributed by atoms with Crippen LogP contribution in [0.25, 0.3) is 0 Å². The van der Waals surface area contributed by atoms with Gasteiger partial charge in [-0.2, -0.15) is 0 Å². The largest absolute Gasteiger partial charge is 0.544 e. The fourth-order valence-corrected chi connectivity index (χ4v) is 5.91. The molecule has 0 aliphatic rings. The Morgan fingerprint density at radius 1 is 0.605 bits per heavy atom. The van der Waals surface area contributed by atoms with Gasteiger partial charge in [-0.3, -0.25) is 4.48 Å². The molecule has 0 aliphatic carbocycles. The minimum atomic E-state index is -1.34. The number of allylic oxidation sites excluding steroid dienone is 2. The van der Waals surface area contributed by atoms with Crippen LogP contribution >= 0.6 is 0 Å². The van der Waals surface area contributed by atoms with Crippen molar-refractivity contribution in [1.82, 2.24) is 0 Å². The van der Waals surface area contributed by atoms with Crippen LogP contribution in [0.3, 0.4) is 0 Å². The molecular formula is C31H57NO6. The van der Waals surface area contributed by atoms with Crippen LogP contribution in [0.15, 0.2) is 12.2 Å². The Morgan fingerprint density at radius 2 is 1.00 bits per heavy atom. The molecule has 0 aromatic rings. The second kappa shape index (κ2) is 22.0. The summed E-state index contributed by atoms with van der Waals surface area (Å²) in [5.41, 5.74) is 0. The van der Waals surface area contributed by atoms with Crippen molar-refractivity contribution in [3.8, 4) is 0 Å². The monoisotopic (exact) mass is 539 g/mol. The number of unbranched alkanes of at least 4 members (excludes halogenated alkanes) is 10. The molecule has 3 atom stereocenters. The van der Waals surface area contributed by atoms with E-state index in [2.05, 4.69) is 19.1 Å². The second-order valence-corrected chi connectivity index (χ2v) is 10.9. The van der Waals surface area contributed by atoms with Gasteiger partial charge in [0.05, 0.1) is 12.5 Å². The highest BCUT2D eigenvalue weighted by molar-refractivity contribution is 5.77. The third kappa shape index (κ3) is 12.8. The summed E-state index contributed by atoms with van der Waals surface area (Å²) in [6, 6.07) is -3.35. The van der Waals surface area contributed by atoms with Crippen LogP contribution in [0.2, 0.25) is 0 Å². The number of quaternary nitrogens is 1. The average molecular weight is 540 g/mol. The van der Waals surface area contributed by atoms with E-state index in [1.807, 2.05) is 20.8 Å². The quantitative estimate of drug-likeness (QED) is 0.0738. The van der Waals surface area contributed by atoms with Crippen molar-refractivity contribution >= 4 is 17.9 Å². The Morgan fingerprint density at radius 3 is 1.39 bits per heavy atom. The van der Waals surface area contributed by atoms with E-state index >= 15 is 0 Å². The molecule has 0 fully saturated rings. The molecule has 0 aromatic heterocycles. The lowest BCUT2D eigenvalue weighted by molar-refractivity contribution is -0.975. The van der Waals surface area contributed by atoms with Crippen LogP contribution in [0.4, 0.5) is 0 Å². The van der Waals surface area contributed by atoms with Crippen molar-refractivity contribution in [2.24, 2.45) is 0 Å². The average Bonchev–Trinajstić information content (AvgIpc) is 2.87. The van der Waals surface area contributed by atoms with Crippen molar-refractivity contribution in [2.75, 3.05) is 6.54 Å². The van der Waals surface area contributed by atoms with Crippen LogP contribution in [0.5, 0.6) is 0 Å². The molecule has 3 unspecified atom stereocenters. The highest BCUT2D eigenvalue weighted by atomic mass is 16.4. The van der Waals surface area contributed by atoms with Crippen molar-refractivity contribution in [3.63, 3.8) is 0 Å². The summed E-state index contributed by atoms with van der Waals surface area (Å²) in [6.07, 6.45) is 20.1. The zero-order chi connectivity index (χ0) is 28.8. The van der Waals surface area contributed by atoms with E-state index in [0.717, 1.165) is 25.7 Å². The van der Waals surface area contributed by atoms with Crippen molar-refractivity contribution in [2.45, 2.75) is 161 Å². The molecule has 0 aromatic carbocycles. The molecule has 7 heteroatoms. The van der Waals surface area contributed by atoms with Gasteiger partial charge < -0.3 is 20.1 Å². The molecule has 0 saturated carbocycles. The fraction of sp³-hybridized carbons (Fsp3) is 0.839. The van der Waals surface area contributed by atoms with Crippen LogP contribution in [0.1, 0.15) is 143 Å². The minimum Gasteiger partial charge on any atom is -0.544 e. The van der Waals surface area contributed by atoms with Gasteiger partial charge in [-0.25, -0.2) is 9.59 Å². The first-order valence-electron chi connectivity index (χ1n) is 15.4. The van der Waals surface area contributed by atoms with E-state index in [4.69, 9.17) is 0 Å². The Labute approximate surface area is 232 Å². The molecule has 2 N–H and O–H groups in total. The molecule has 0 saturated heterocycles. The van der Waals surface area contributed by atoms with E-state index in [9.17, 15) is 29.7 Å². The highest BCUT2D eigenvalue weighted by Gasteiger charge is 2.54. The summed E-state index contributed by atoms with van der Waals surface area (Å²) in [5.74, 6) is -3.58. The Kier molecular flexibility index (Phi) is 20.9. The molecule has 0 amide bonds. The normalized spacial score (nSPS) is 15.7. The SMILES string of the molecule is CCCCCCCCC/C=C/CCCCC[N+](C(CCC)C(=O)[O-])(C(CCC)C(=O)O)C(CCC)C(=O)O. The molecule has 0 heterocycles. The van der Waals surface area contributed by atoms with Crippen LogP contribution in [-0.2, 0) is 14.4 Å². The highest BCUT2D eigenvalue weighted by Crippen LogP contribution is 2.34. The van der Waals surface area contributed by atoms with Gasteiger partial charge in [-0.15, -0.1) is 0 Å². The molecule has 0 bridgehead atoms. The molecule has 222 valence electrons. The number of carboxylic acids is 3. The maximum Gasteiger partial charge on any atom is 0.362 e. The first-order chi connectivity index (χ1) is 18.2. The summed E-state index contributed by atoms with van der Waals surface area (Å²) in [4.78, 5) is 37.5. The molecule has 38 heavy (non-hydrogen) atoms. The van der Waals surface area contributed by atoms with Gasteiger partial charge in [0, 0.05) is 19.3 Å². The van der Waals surface area contributed by atoms with E-state index in [-0.39, 0.29) is 25.8 Å². The lowest BCUT2D eigenvalue weighted by Crippen LogP contribution is -2.74. The summed E-state index contributed by atoms with van der Waals surface area (Å²) < 4.78 is -0.448. The van der Waals surface area contributed by atoms with Crippen molar-refractivity contribution in [1.29, 1.82) is 0 Å². The third-order valence-electron chi connectivity index (χ3n) is 7.83. The maximum absolute atomic E-state index is 12.5. The van der Waals surface area contributed by atoms with Crippen LogP contribution in [-0.4, -0.2) is 57.3 Å². The molecule has 7 nitrogen and oxygen atoms in total. The molecule has 0 aliphatic heterocycles. The van der Waals surface area contributed by atoms with Gasteiger partial charge in [0.15, 0.2) is 12.1 Å². The number of carbonyl (C=O) groups excluding carboxylic acids is 1. The van der Waals surface area contributed by atoms with Crippen LogP contribution in [0, 0.1) is 0 Å². The van der Waals surface area contributed by atoms with Gasteiger partial charge in [0.25, 0.3) is 0 Å². The van der Waals surface area contributed by atoms with Gasteiger partial charge in [-0.05, 0) is 51.4 Å². The zero-order valence-electron chi connectivity index (χ0n) is 24.8. The summed E-state index contributed by atoms with van der Waals surface area (Å²) in [5, 5.41) is 32.9. The number of carboxylic acid groups (broad SMARTS) is 3. The van der Waals surface area contributed by atoms with E-state index in [0.29, 0.717) is 25.7 Å². The lowest BCUT2D eigenvalue weighted by atomic mass is 9.91. The van der Waals surface area contributed by atoms with Crippen LogP contribution < -0.4 is 5.11 Å². The maximum atomic E-state index is 12.5. The molecular weight excluding hydrogens is 482 g/mol. The summed E-state index contributed by atoms with van der Waals surface area (Å²) >= 11 is 0. The first-order valence-corrected chi connectivity index (χ1v) is 15.4. The Bertz CT molecular complexity index is 617. The van der Waals surface area contributed by atoms with E-state index < -0.39 is 40.5 Å². The van der Waals surface area contributed by atoms with E-state index in [1.165, 1.54) is 44.9 Å². The number of carbonyl (C=O) groups is 3. The Balaban J connectivity index is 5.40.